The number of aromatic nitrogens is 1. The molecule has 1 heterocycles. The van der Waals surface area contributed by atoms with E-state index in [2.05, 4.69) is 0 Å². The molecule has 0 aliphatic heterocycles. The Balaban J connectivity index is 2.25. The summed E-state index contributed by atoms with van der Waals surface area (Å²) in [5.74, 6) is -3.20. The van der Waals surface area contributed by atoms with Crippen LogP contribution in [0.25, 0.3) is 16.9 Å². The summed E-state index contributed by atoms with van der Waals surface area (Å²) in [6.07, 6.45) is 1.79. The van der Waals surface area contributed by atoms with Crippen LogP contribution in [-0.4, -0.2) is 19.2 Å². The van der Waals surface area contributed by atoms with E-state index in [9.17, 15) is 22.0 Å². The largest absolute Gasteiger partial charge is 0.424 e. The molecular weight excluding hydrogens is 352 g/mol. The van der Waals surface area contributed by atoms with Gasteiger partial charge >= 0.3 is 5.76 Å². The minimum Gasteiger partial charge on any atom is -0.415 e. The highest BCUT2D eigenvalue weighted by Gasteiger charge is 2.23. The number of rotatable bonds is 3. The Labute approximate surface area is 142 Å². The molecular formula is C17H13F2NO4S. The Hall–Kier alpha value is -2.74. The molecule has 0 unspecified atom stereocenters. The molecule has 0 aliphatic rings. The van der Waals surface area contributed by atoms with Crippen molar-refractivity contribution in [2.75, 3.05) is 6.26 Å². The second-order valence-corrected chi connectivity index (χ2v) is 7.56. The van der Waals surface area contributed by atoms with Crippen molar-refractivity contribution in [3.05, 3.63) is 70.4 Å². The summed E-state index contributed by atoms with van der Waals surface area (Å²) in [5.41, 5.74) is 1.42. The third kappa shape index (κ3) is 3.12. The lowest BCUT2D eigenvalue weighted by molar-refractivity contribution is 0.504. The first-order valence-electron chi connectivity index (χ1n) is 7.15. The van der Waals surface area contributed by atoms with Crippen molar-refractivity contribution in [1.29, 1.82) is 0 Å². The smallest absolute Gasteiger partial charge is 0.415 e. The predicted molar refractivity (Wildman–Crippen MR) is 87.5 cm³/mol. The van der Waals surface area contributed by atoms with Crippen LogP contribution in [0.5, 0.6) is 0 Å². The number of sulfone groups is 1. The topological polar surface area (TPSA) is 69.3 Å². The summed E-state index contributed by atoms with van der Waals surface area (Å²) >= 11 is 0. The summed E-state index contributed by atoms with van der Waals surface area (Å²) < 4.78 is 57.3. The minimum absolute atomic E-state index is 0.0187. The van der Waals surface area contributed by atoms with Crippen molar-refractivity contribution in [1.82, 2.24) is 4.57 Å². The lowest BCUT2D eigenvalue weighted by Gasteiger charge is -2.09. The molecule has 8 heteroatoms. The first-order chi connectivity index (χ1) is 11.7. The van der Waals surface area contributed by atoms with Crippen molar-refractivity contribution in [2.45, 2.75) is 11.8 Å². The molecule has 0 radical (unpaired) electrons. The Bertz CT molecular complexity index is 1110. The van der Waals surface area contributed by atoms with E-state index in [4.69, 9.17) is 4.42 Å². The molecule has 2 aromatic carbocycles. The zero-order valence-corrected chi connectivity index (χ0v) is 14.1. The maximum atomic E-state index is 14.2. The van der Waals surface area contributed by atoms with E-state index < -0.39 is 32.1 Å². The van der Waals surface area contributed by atoms with E-state index in [-0.39, 0.29) is 11.3 Å². The van der Waals surface area contributed by atoms with E-state index in [0.717, 1.165) is 28.5 Å². The Morgan fingerprint density at radius 2 is 1.72 bits per heavy atom. The standard InChI is InChI=1S/C17H13F2NO4S/c1-10-4-3-5-12(6-10)20-15(9-24-17(20)21)11-7-13(18)16(14(19)8-11)25(2,22)23/h3-9H,1-2H3. The molecule has 5 nitrogen and oxygen atoms in total. The van der Waals surface area contributed by atoms with Gasteiger partial charge in [0.2, 0.25) is 0 Å². The number of benzene rings is 2. The van der Waals surface area contributed by atoms with Crippen molar-refractivity contribution >= 4 is 9.84 Å². The van der Waals surface area contributed by atoms with E-state index >= 15 is 0 Å². The number of halogens is 2. The van der Waals surface area contributed by atoms with Gasteiger partial charge < -0.3 is 4.42 Å². The molecule has 0 fully saturated rings. The van der Waals surface area contributed by atoms with Gasteiger partial charge in [0.1, 0.15) is 22.8 Å². The fraction of sp³-hybridized carbons (Fsp3) is 0.118. The van der Waals surface area contributed by atoms with Gasteiger partial charge in [-0.3, -0.25) is 0 Å². The van der Waals surface area contributed by atoms with Gasteiger partial charge in [0.05, 0.1) is 11.4 Å². The molecule has 25 heavy (non-hydrogen) atoms. The van der Waals surface area contributed by atoms with Gasteiger partial charge in [-0.15, -0.1) is 0 Å². The second kappa shape index (κ2) is 5.96. The van der Waals surface area contributed by atoms with Crippen LogP contribution in [0.1, 0.15) is 5.56 Å². The Morgan fingerprint density at radius 3 is 2.28 bits per heavy atom. The summed E-state index contributed by atoms with van der Waals surface area (Å²) in [6.45, 7) is 1.83. The highest BCUT2D eigenvalue weighted by molar-refractivity contribution is 7.90. The molecule has 1 aromatic heterocycles. The first-order valence-corrected chi connectivity index (χ1v) is 9.04. The van der Waals surface area contributed by atoms with Crippen LogP contribution in [0.3, 0.4) is 0 Å². The van der Waals surface area contributed by atoms with Gasteiger partial charge in [0.15, 0.2) is 9.84 Å². The first kappa shape index (κ1) is 17.1. The van der Waals surface area contributed by atoms with Crippen LogP contribution < -0.4 is 5.76 Å². The quantitative estimate of drug-likeness (QED) is 0.715. The Kier molecular flexibility index (Phi) is 4.08. The van der Waals surface area contributed by atoms with Crippen LogP contribution in [0.15, 0.2) is 56.8 Å². The number of nitrogens with zero attached hydrogens (tertiary/aromatic N) is 1. The fourth-order valence-corrected chi connectivity index (χ4v) is 3.41. The van der Waals surface area contributed by atoms with Gasteiger partial charge in [0.25, 0.3) is 0 Å². The molecule has 0 saturated heterocycles. The maximum absolute atomic E-state index is 14.2. The Morgan fingerprint density at radius 1 is 1.08 bits per heavy atom. The highest BCUT2D eigenvalue weighted by atomic mass is 32.2. The van der Waals surface area contributed by atoms with Crippen LogP contribution in [0, 0.1) is 18.6 Å². The van der Waals surface area contributed by atoms with Crippen LogP contribution >= 0.6 is 0 Å². The zero-order valence-electron chi connectivity index (χ0n) is 13.3. The van der Waals surface area contributed by atoms with Gasteiger partial charge in [-0.2, -0.15) is 0 Å². The third-order valence-electron chi connectivity index (χ3n) is 3.62. The molecule has 0 amide bonds. The average Bonchev–Trinajstić information content (AvgIpc) is 2.86. The molecule has 0 N–H and O–H groups in total. The number of hydrogen-bond donors (Lipinski definition) is 0. The summed E-state index contributed by atoms with van der Waals surface area (Å²) in [7, 11) is -4.07. The molecule has 0 atom stereocenters. The van der Waals surface area contributed by atoms with Crippen molar-refractivity contribution < 1.29 is 21.6 Å². The number of oxazole rings is 1. The minimum atomic E-state index is -4.07. The SMILES string of the molecule is Cc1cccc(-n2c(-c3cc(F)c(S(C)(=O)=O)c(F)c3)coc2=O)c1. The van der Waals surface area contributed by atoms with E-state index in [1.807, 2.05) is 13.0 Å². The molecule has 0 aliphatic carbocycles. The molecule has 0 bridgehead atoms. The normalized spacial score (nSPS) is 11.7. The average molecular weight is 365 g/mol. The highest BCUT2D eigenvalue weighted by Crippen LogP contribution is 2.28. The van der Waals surface area contributed by atoms with Gasteiger partial charge in [-0.05, 0) is 36.8 Å². The molecule has 130 valence electrons. The van der Waals surface area contributed by atoms with Gasteiger partial charge in [0, 0.05) is 11.8 Å². The monoisotopic (exact) mass is 365 g/mol. The third-order valence-corrected chi connectivity index (χ3v) is 4.75. The summed E-state index contributed by atoms with van der Waals surface area (Å²) in [5, 5.41) is 0. The maximum Gasteiger partial charge on any atom is 0.424 e. The molecule has 0 spiro atoms. The summed E-state index contributed by atoms with van der Waals surface area (Å²) in [6, 6.07) is 8.62. The molecule has 0 saturated carbocycles. The van der Waals surface area contributed by atoms with Crippen molar-refractivity contribution in [3.63, 3.8) is 0 Å². The van der Waals surface area contributed by atoms with Crippen molar-refractivity contribution in [3.8, 4) is 16.9 Å². The van der Waals surface area contributed by atoms with Crippen molar-refractivity contribution in [2.24, 2.45) is 0 Å². The van der Waals surface area contributed by atoms with E-state index in [0.29, 0.717) is 11.9 Å². The number of hydrogen-bond acceptors (Lipinski definition) is 4. The van der Waals surface area contributed by atoms with Crippen LogP contribution in [0.4, 0.5) is 8.78 Å². The number of aryl methyl sites for hydroxylation is 1. The molecule has 3 rings (SSSR count). The van der Waals surface area contributed by atoms with E-state index in [1.165, 1.54) is 0 Å². The zero-order chi connectivity index (χ0) is 18.4. The van der Waals surface area contributed by atoms with Gasteiger partial charge in [-0.1, -0.05) is 12.1 Å². The van der Waals surface area contributed by atoms with E-state index in [1.54, 1.807) is 18.2 Å². The lowest BCUT2D eigenvalue weighted by atomic mass is 10.1. The van der Waals surface area contributed by atoms with Crippen LogP contribution in [-0.2, 0) is 9.84 Å². The van der Waals surface area contributed by atoms with Crippen LogP contribution in [0.2, 0.25) is 0 Å². The fourth-order valence-electron chi connectivity index (χ4n) is 2.58. The predicted octanol–water partition coefficient (Wildman–Crippen LogP) is 3.09. The molecule has 3 aromatic rings. The van der Waals surface area contributed by atoms with Gasteiger partial charge in [-0.25, -0.2) is 26.6 Å². The second-order valence-electron chi connectivity index (χ2n) is 5.60. The summed E-state index contributed by atoms with van der Waals surface area (Å²) in [4.78, 5) is 11.0. The lowest BCUT2D eigenvalue weighted by Crippen LogP contribution is -2.13.